The Bertz CT molecular complexity index is 760. The maximum Gasteiger partial charge on any atom is 0.258 e. The van der Waals surface area contributed by atoms with Gasteiger partial charge in [0.25, 0.3) is 5.91 Å². The van der Waals surface area contributed by atoms with E-state index in [1.54, 1.807) is 36.4 Å². The van der Waals surface area contributed by atoms with E-state index in [0.29, 0.717) is 11.4 Å². The third-order valence-electron chi connectivity index (χ3n) is 3.77. The Morgan fingerprint density at radius 2 is 1.73 bits per heavy atom. The molecule has 2 aromatic carbocycles. The first-order valence-corrected chi connectivity index (χ1v) is 8.41. The van der Waals surface area contributed by atoms with E-state index < -0.39 is 0 Å². The molecular weight excluding hydrogens is 335 g/mol. The molecule has 2 amide bonds. The number of rotatable bonds is 7. The van der Waals surface area contributed by atoms with Crippen LogP contribution in [0.25, 0.3) is 0 Å². The first-order valence-electron chi connectivity index (χ1n) is 8.41. The van der Waals surface area contributed by atoms with Gasteiger partial charge in [-0.25, -0.2) is 4.39 Å². The van der Waals surface area contributed by atoms with E-state index in [1.165, 1.54) is 19.1 Å². The molecule has 138 valence electrons. The Hall–Kier alpha value is -2.89. The molecule has 0 bridgehead atoms. The van der Waals surface area contributed by atoms with E-state index in [0.717, 1.165) is 5.56 Å². The molecular formula is C20H23FN2O3. The number of hydrogen-bond acceptors (Lipinski definition) is 3. The standard InChI is InChI=1S/C20H23FN2O3/c1-13(2)20(15-8-10-16(21)11-9-15)23-19(25)12-26-18-7-5-4-6-17(18)22-14(3)24/h4-11,13,20H,12H2,1-3H3,(H,22,24)(H,23,25). The molecule has 0 aliphatic rings. The highest BCUT2D eigenvalue weighted by Gasteiger charge is 2.19. The Labute approximate surface area is 152 Å². The third-order valence-corrected chi connectivity index (χ3v) is 3.77. The molecule has 6 heteroatoms. The summed E-state index contributed by atoms with van der Waals surface area (Å²) in [7, 11) is 0. The molecule has 0 spiro atoms. The molecule has 0 saturated heterocycles. The van der Waals surface area contributed by atoms with Gasteiger partial charge < -0.3 is 15.4 Å². The van der Waals surface area contributed by atoms with Gasteiger partial charge in [-0.15, -0.1) is 0 Å². The van der Waals surface area contributed by atoms with Crippen molar-refractivity contribution >= 4 is 17.5 Å². The zero-order valence-electron chi connectivity index (χ0n) is 15.1. The van der Waals surface area contributed by atoms with Crippen molar-refractivity contribution in [2.24, 2.45) is 5.92 Å². The molecule has 2 aromatic rings. The molecule has 0 aliphatic heterocycles. The molecule has 0 aliphatic carbocycles. The minimum absolute atomic E-state index is 0.121. The molecule has 26 heavy (non-hydrogen) atoms. The Morgan fingerprint density at radius 1 is 1.08 bits per heavy atom. The van der Waals surface area contributed by atoms with Crippen LogP contribution in [0.1, 0.15) is 32.4 Å². The number of nitrogens with one attached hydrogen (secondary N) is 2. The van der Waals surface area contributed by atoms with Crippen LogP contribution in [0.2, 0.25) is 0 Å². The van der Waals surface area contributed by atoms with Crippen LogP contribution in [-0.4, -0.2) is 18.4 Å². The van der Waals surface area contributed by atoms with Gasteiger partial charge in [0.15, 0.2) is 6.61 Å². The summed E-state index contributed by atoms with van der Waals surface area (Å²) >= 11 is 0. The van der Waals surface area contributed by atoms with Gasteiger partial charge in [-0.05, 0) is 35.7 Å². The molecule has 1 unspecified atom stereocenters. The largest absolute Gasteiger partial charge is 0.482 e. The maximum atomic E-state index is 13.1. The van der Waals surface area contributed by atoms with Gasteiger partial charge in [0.1, 0.15) is 11.6 Å². The number of benzene rings is 2. The fourth-order valence-corrected chi connectivity index (χ4v) is 2.55. The van der Waals surface area contributed by atoms with Gasteiger partial charge in [-0.2, -0.15) is 0 Å². The summed E-state index contributed by atoms with van der Waals surface area (Å²) in [5.74, 6) is -0.301. The predicted molar refractivity (Wildman–Crippen MR) is 98.4 cm³/mol. The van der Waals surface area contributed by atoms with Crippen LogP contribution >= 0.6 is 0 Å². The van der Waals surface area contributed by atoms with Crippen LogP contribution in [0.5, 0.6) is 5.75 Å². The van der Waals surface area contributed by atoms with Crippen molar-refractivity contribution in [3.63, 3.8) is 0 Å². The second kappa shape index (κ2) is 8.99. The lowest BCUT2D eigenvalue weighted by molar-refractivity contribution is -0.124. The van der Waals surface area contributed by atoms with E-state index in [2.05, 4.69) is 10.6 Å². The second-order valence-electron chi connectivity index (χ2n) is 6.31. The molecule has 0 fully saturated rings. The van der Waals surface area contributed by atoms with Crippen LogP contribution in [-0.2, 0) is 9.59 Å². The van der Waals surface area contributed by atoms with Crippen molar-refractivity contribution in [2.45, 2.75) is 26.8 Å². The average Bonchev–Trinajstić information content (AvgIpc) is 2.59. The summed E-state index contributed by atoms with van der Waals surface area (Å²) in [6, 6.07) is 12.7. The fraction of sp³-hybridized carbons (Fsp3) is 0.300. The van der Waals surface area contributed by atoms with Crippen LogP contribution < -0.4 is 15.4 Å². The molecule has 0 radical (unpaired) electrons. The normalized spacial score (nSPS) is 11.7. The predicted octanol–water partition coefficient (Wildman–Crippen LogP) is 3.68. The average molecular weight is 358 g/mol. The quantitative estimate of drug-likeness (QED) is 0.793. The van der Waals surface area contributed by atoms with Crippen LogP contribution in [0.4, 0.5) is 10.1 Å². The Kier molecular flexibility index (Phi) is 6.72. The SMILES string of the molecule is CC(=O)Nc1ccccc1OCC(=O)NC(c1ccc(F)cc1)C(C)C. The number of ether oxygens (including phenoxy) is 1. The molecule has 2 N–H and O–H groups in total. The summed E-state index contributed by atoms with van der Waals surface area (Å²) in [6.45, 7) is 5.16. The lowest BCUT2D eigenvalue weighted by Crippen LogP contribution is -2.35. The summed E-state index contributed by atoms with van der Waals surface area (Å²) in [5, 5.41) is 5.57. The highest BCUT2D eigenvalue weighted by Crippen LogP contribution is 2.24. The highest BCUT2D eigenvalue weighted by atomic mass is 19.1. The minimum atomic E-state index is -0.319. The lowest BCUT2D eigenvalue weighted by Gasteiger charge is -2.23. The number of anilines is 1. The fourth-order valence-electron chi connectivity index (χ4n) is 2.55. The van der Waals surface area contributed by atoms with Crippen molar-refractivity contribution < 1.29 is 18.7 Å². The van der Waals surface area contributed by atoms with E-state index in [4.69, 9.17) is 4.74 Å². The monoisotopic (exact) mass is 358 g/mol. The van der Waals surface area contributed by atoms with Gasteiger partial charge in [-0.1, -0.05) is 38.1 Å². The zero-order chi connectivity index (χ0) is 19.1. The Morgan fingerprint density at radius 3 is 2.35 bits per heavy atom. The van der Waals surface area contributed by atoms with Gasteiger partial charge in [0.2, 0.25) is 5.91 Å². The zero-order valence-corrected chi connectivity index (χ0v) is 15.1. The number of carbonyl (C=O) groups is 2. The number of carbonyl (C=O) groups excluding carboxylic acids is 2. The van der Waals surface area contributed by atoms with Gasteiger partial charge in [0.05, 0.1) is 11.7 Å². The second-order valence-corrected chi connectivity index (χ2v) is 6.31. The van der Waals surface area contributed by atoms with E-state index in [-0.39, 0.29) is 36.2 Å². The number of hydrogen-bond donors (Lipinski definition) is 2. The van der Waals surface area contributed by atoms with E-state index >= 15 is 0 Å². The molecule has 1 atom stereocenters. The maximum absolute atomic E-state index is 13.1. The topological polar surface area (TPSA) is 67.4 Å². The number of halogens is 1. The van der Waals surface area contributed by atoms with Crippen molar-refractivity contribution in [1.82, 2.24) is 5.32 Å². The summed E-state index contributed by atoms with van der Waals surface area (Å²) < 4.78 is 18.7. The van der Waals surface area contributed by atoms with Crippen molar-refractivity contribution in [3.05, 3.63) is 59.9 Å². The minimum Gasteiger partial charge on any atom is -0.482 e. The van der Waals surface area contributed by atoms with Crippen LogP contribution in [0.3, 0.4) is 0 Å². The molecule has 0 saturated carbocycles. The summed E-state index contributed by atoms with van der Waals surface area (Å²) in [4.78, 5) is 23.5. The first-order chi connectivity index (χ1) is 12.4. The van der Waals surface area contributed by atoms with E-state index in [1.807, 2.05) is 13.8 Å². The smallest absolute Gasteiger partial charge is 0.258 e. The molecule has 0 aromatic heterocycles. The number of para-hydroxylation sites is 2. The summed E-state index contributed by atoms with van der Waals surface area (Å²) in [6.07, 6.45) is 0. The summed E-state index contributed by atoms with van der Waals surface area (Å²) in [5.41, 5.74) is 1.33. The Balaban J connectivity index is 2.01. The molecule has 2 rings (SSSR count). The lowest BCUT2D eigenvalue weighted by atomic mass is 9.96. The van der Waals surface area contributed by atoms with Gasteiger partial charge >= 0.3 is 0 Å². The van der Waals surface area contributed by atoms with E-state index in [9.17, 15) is 14.0 Å². The number of amides is 2. The van der Waals surface area contributed by atoms with Crippen LogP contribution in [0.15, 0.2) is 48.5 Å². The highest BCUT2D eigenvalue weighted by molar-refractivity contribution is 5.90. The van der Waals surface area contributed by atoms with Crippen LogP contribution in [0, 0.1) is 11.7 Å². The van der Waals surface area contributed by atoms with Gasteiger partial charge in [0, 0.05) is 6.92 Å². The van der Waals surface area contributed by atoms with Gasteiger partial charge in [-0.3, -0.25) is 9.59 Å². The third kappa shape index (κ3) is 5.58. The van der Waals surface area contributed by atoms with Crippen molar-refractivity contribution in [2.75, 3.05) is 11.9 Å². The molecule has 0 heterocycles. The first kappa shape index (κ1) is 19.4. The van der Waals surface area contributed by atoms with Crippen molar-refractivity contribution in [1.29, 1.82) is 0 Å². The van der Waals surface area contributed by atoms with Crippen molar-refractivity contribution in [3.8, 4) is 5.75 Å². The molecule has 5 nitrogen and oxygen atoms in total.